The molecular formula is C18H16F3N3O2. The van der Waals surface area contributed by atoms with Crippen molar-refractivity contribution in [1.29, 1.82) is 0 Å². The van der Waals surface area contributed by atoms with Gasteiger partial charge in [-0.25, -0.2) is 0 Å². The van der Waals surface area contributed by atoms with Gasteiger partial charge in [0.2, 0.25) is 0 Å². The molecule has 0 radical (unpaired) electrons. The molecule has 2 aromatic rings. The summed E-state index contributed by atoms with van der Waals surface area (Å²) in [6, 6.07) is 9.30. The second-order valence-corrected chi connectivity index (χ2v) is 5.95. The van der Waals surface area contributed by atoms with Gasteiger partial charge in [-0.3, -0.25) is 9.78 Å². The number of rotatable bonds is 3. The van der Waals surface area contributed by atoms with Crippen molar-refractivity contribution in [3.63, 3.8) is 0 Å². The van der Waals surface area contributed by atoms with Gasteiger partial charge in [0, 0.05) is 18.0 Å². The van der Waals surface area contributed by atoms with Gasteiger partial charge in [0.25, 0.3) is 5.91 Å². The van der Waals surface area contributed by atoms with E-state index in [0.717, 1.165) is 12.0 Å². The van der Waals surface area contributed by atoms with Crippen LogP contribution in [0.4, 0.5) is 13.2 Å². The zero-order valence-corrected chi connectivity index (χ0v) is 13.9. The Morgan fingerprint density at radius 1 is 1.27 bits per heavy atom. The van der Waals surface area contributed by atoms with E-state index in [2.05, 4.69) is 10.1 Å². The van der Waals surface area contributed by atoms with Crippen LogP contribution in [-0.4, -0.2) is 32.9 Å². The Morgan fingerprint density at radius 2 is 1.96 bits per heavy atom. The van der Waals surface area contributed by atoms with Crippen LogP contribution in [-0.2, 0) is 12.1 Å². The fourth-order valence-electron chi connectivity index (χ4n) is 2.76. The lowest BCUT2D eigenvalue weighted by Crippen LogP contribution is -2.43. The highest BCUT2D eigenvalue weighted by Gasteiger charge is 2.53. The number of amides is 1. The first-order valence-corrected chi connectivity index (χ1v) is 7.97. The molecule has 0 unspecified atom stereocenters. The molecule has 2 heterocycles. The van der Waals surface area contributed by atoms with E-state index in [-0.39, 0.29) is 11.1 Å². The van der Waals surface area contributed by atoms with Gasteiger partial charge in [0.05, 0.1) is 12.0 Å². The highest BCUT2D eigenvalue weighted by molar-refractivity contribution is 5.99. The number of benzene rings is 1. The normalized spacial score (nSPS) is 20.2. The molecule has 3 rings (SSSR count). The number of nitrogens with zero attached hydrogens (tertiary/aromatic N) is 3. The molecule has 1 N–H and O–H groups in total. The minimum absolute atomic E-state index is 0.0308. The monoisotopic (exact) mass is 363 g/mol. The minimum atomic E-state index is -4.75. The Balaban J connectivity index is 2.05. The number of carbonyl (C=O) groups excluding carboxylic acids is 1. The van der Waals surface area contributed by atoms with E-state index in [9.17, 15) is 23.1 Å². The quantitative estimate of drug-likeness (QED) is 0.910. The number of alkyl halides is 3. The van der Waals surface area contributed by atoms with Gasteiger partial charge < -0.3 is 5.11 Å². The average Bonchev–Trinajstić information content (AvgIpc) is 3.01. The predicted octanol–water partition coefficient (Wildman–Crippen LogP) is 3.25. The molecule has 0 bridgehead atoms. The number of hydrazone groups is 1. The largest absolute Gasteiger partial charge is 0.431 e. The first-order chi connectivity index (χ1) is 12.3. The molecule has 0 saturated carbocycles. The van der Waals surface area contributed by atoms with Crippen LogP contribution in [0.5, 0.6) is 0 Å². The third-order valence-corrected chi connectivity index (χ3v) is 4.24. The van der Waals surface area contributed by atoms with Crippen molar-refractivity contribution in [3.8, 4) is 0 Å². The van der Waals surface area contributed by atoms with Crippen molar-refractivity contribution < 1.29 is 23.1 Å². The van der Waals surface area contributed by atoms with Crippen molar-refractivity contribution >= 4 is 11.6 Å². The predicted molar refractivity (Wildman–Crippen MR) is 88.2 cm³/mol. The maximum absolute atomic E-state index is 13.2. The fraction of sp³-hybridized carbons (Fsp3) is 0.278. The SMILES string of the molecule is CCc1ccc([C@]2(O)CC(C(F)(F)F)=NN2C(=O)c2cccnc2)cc1. The number of aliphatic hydroxyl groups is 1. The molecule has 1 aliphatic heterocycles. The molecule has 1 aliphatic rings. The molecule has 1 aromatic heterocycles. The Morgan fingerprint density at radius 3 is 2.50 bits per heavy atom. The van der Waals surface area contributed by atoms with Gasteiger partial charge in [-0.05, 0) is 24.1 Å². The van der Waals surface area contributed by atoms with Crippen molar-refractivity contribution in [1.82, 2.24) is 9.99 Å². The summed E-state index contributed by atoms with van der Waals surface area (Å²) in [6.07, 6.45) is -2.21. The smallest absolute Gasteiger partial charge is 0.365 e. The first kappa shape index (κ1) is 18.1. The standard InChI is InChI=1S/C18H16F3N3O2/c1-2-12-5-7-14(8-6-12)17(26)10-15(18(19,20)21)23-24(17)16(25)13-4-3-9-22-11-13/h3-9,11,26H,2,10H2,1H3/t17-/m1/s1. The van der Waals surface area contributed by atoms with Crippen molar-refractivity contribution in [2.75, 3.05) is 0 Å². The summed E-state index contributed by atoms with van der Waals surface area (Å²) < 4.78 is 39.6. The Kier molecular flexibility index (Phi) is 4.53. The minimum Gasteiger partial charge on any atom is -0.365 e. The van der Waals surface area contributed by atoms with Crippen LogP contribution in [0.2, 0.25) is 0 Å². The van der Waals surface area contributed by atoms with Gasteiger partial charge in [-0.15, -0.1) is 0 Å². The summed E-state index contributed by atoms with van der Waals surface area (Å²) in [5.74, 6) is -0.862. The van der Waals surface area contributed by atoms with E-state index < -0.39 is 29.9 Å². The Hall–Kier alpha value is -2.74. The van der Waals surface area contributed by atoms with Gasteiger partial charge >= 0.3 is 6.18 Å². The van der Waals surface area contributed by atoms with Crippen LogP contribution >= 0.6 is 0 Å². The highest BCUT2D eigenvalue weighted by atomic mass is 19.4. The molecule has 8 heteroatoms. The molecule has 1 aromatic carbocycles. The molecule has 0 fully saturated rings. The molecule has 0 saturated heterocycles. The van der Waals surface area contributed by atoms with E-state index in [1.54, 1.807) is 12.1 Å². The number of pyridine rings is 1. The zero-order valence-electron chi connectivity index (χ0n) is 13.9. The average molecular weight is 363 g/mol. The second kappa shape index (κ2) is 6.53. The lowest BCUT2D eigenvalue weighted by Gasteiger charge is -2.31. The van der Waals surface area contributed by atoms with Crippen LogP contribution in [0.1, 0.15) is 34.8 Å². The number of carbonyl (C=O) groups is 1. The summed E-state index contributed by atoms with van der Waals surface area (Å²) in [5, 5.41) is 14.9. The van der Waals surface area contributed by atoms with Gasteiger partial charge in [-0.1, -0.05) is 31.2 Å². The highest BCUT2D eigenvalue weighted by Crippen LogP contribution is 2.40. The van der Waals surface area contributed by atoms with Crippen LogP contribution in [0.3, 0.4) is 0 Å². The summed E-state index contributed by atoms with van der Waals surface area (Å²) in [4.78, 5) is 16.5. The lowest BCUT2D eigenvalue weighted by molar-refractivity contribution is -0.0816. The maximum Gasteiger partial charge on any atom is 0.431 e. The number of halogens is 3. The lowest BCUT2D eigenvalue weighted by atomic mass is 9.95. The molecule has 136 valence electrons. The number of aromatic nitrogens is 1. The fourth-order valence-corrected chi connectivity index (χ4v) is 2.76. The third kappa shape index (κ3) is 3.20. The second-order valence-electron chi connectivity index (χ2n) is 5.95. The van der Waals surface area contributed by atoms with E-state index >= 15 is 0 Å². The summed E-state index contributed by atoms with van der Waals surface area (Å²) in [6.45, 7) is 1.93. The summed E-state index contributed by atoms with van der Waals surface area (Å²) in [5.41, 5.74) is -2.28. The number of hydrogen-bond donors (Lipinski definition) is 1. The van der Waals surface area contributed by atoms with Crippen molar-refractivity contribution in [2.24, 2.45) is 5.10 Å². The maximum atomic E-state index is 13.2. The van der Waals surface area contributed by atoms with Gasteiger partial charge in [-0.2, -0.15) is 23.3 Å². The molecule has 1 amide bonds. The van der Waals surface area contributed by atoms with Crippen LogP contribution in [0.15, 0.2) is 53.9 Å². The van der Waals surface area contributed by atoms with Crippen LogP contribution in [0.25, 0.3) is 0 Å². The van der Waals surface area contributed by atoms with Crippen molar-refractivity contribution in [2.45, 2.75) is 31.7 Å². The number of hydrogen-bond acceptors (Lipinski definition) is 4. The molecule has 0 aliphatic carbocycles. The van der Waals surface area contributed by atoms with Crippen molar-refractivity contribution in [3.05, 3.63) is 65.5 Å². The third-order valence-electron chi connectivity index (χ3n) is 4.24. The van der Waals surface area contributed by atoms with E-state index in [0.29, 0.717) is 5.01 Å². The number of aryl methyl sites for hydroxylation is 1. The zero-order chi connectivity index (χ0) is 18.9. The molecule has 1 atom stereocenters. The topological polar surface area (TPSA) is 65.8 Å². The van der Waals surface area contributed by atoms with E-state index in [1.165, 1.54) is 36.7 Å². The molecule has 5 nitrogen and oxygen atoms in total. The first-order valence-electron chi connectivity index (χ1n) is 7.97. The molecule has 26 heavy (non-hydrogen) atoms. The van der Waals surface area contributed by atoms with Gasteiger partial charge in [0.1, 0.15) is 5.71 Å². The van der Waals surface area contributed by atoms with Gasteiger partial charge in [0.15, 0.2) is 5.72 Å². The summed E-state index contributed by atoms with van der Waals surface area (Å²) in [7, 11) is 0. The van der Waals surface area contributed by atoms with E-state index in [1.807, 2.05) is 6.92 Å². The van der Waals surface area contributed by atoms with Crippen LogP contribution in [0, 0.1) is 0 Å². The van der Waals surface area contributed by atoms with E-state index in [4.69, 9.17) is 0 Å². The Labute approximate surface area is 147 Å². The van der Waals surface area contributed by atoms with Crippen LogP contribution < -0.4 is 0 Å². The Bertz CT molecular complexity index is 835. The molecule has 0 spiro atoms. The summed E-state index contributed by atoms with van der Waals surface area (Å²) >= 11 is 0. The molecular weight excluding hydrogens is 347 g/mol.